The van der Waals surface area contributed by atoms with E-state index in [-0.39, 0.29) is 32.7 Å². The summed E-state index contributed by atoms with van der Waals surface area (Å²) in [6.45, 7) is 0. The summed E-state index contributed by atoms with van der Waals surface area (Å²) in [5.41, 5.74) is 5.88. The molecule has 1 aromatic heterocycles. The Labute approximate surface area is 129 Å². The van der Waals surface area contributed by atoms with Gasteiger partial charge < -0.3 is 16.2 Å². The molecule has 0 radical (unpaired) electrons. The molecule has 0 aliphatic rings. The highest BCUT2D eigenvalue weighted by Gasteiger charge is 2.17. The Balaban J connectivity index is 2.34. The van der Waals surface area contributed by atoms with Crippen molar-refractivity contribution in [1.82, 2.24) is 4.98 Å². The molecule has 0 fully saturated rings. The summed E-state index contributed by atoms with van der Waals surface area (Å²) in [5, 5.41) is 11.4. The van der Waals surface area contributed by atoms with E-state index in [1.807, 2.05) is 0 Å². The number of carbonyl (C=O) groups is 2. The Morgan fingerprint density at radius 3 is 2.38 bits per heavy atom. The van der Waals surface area contributed by atoms with Gasteiger partial charge in [-0.3, -0.25) is 4.79 Å². The molecule has 21 heavy (non-hydrogen) atoms. The smallest absolute Gasteiger partial charge is 0.335 e. The lowest BCUT2D eigenvalue weighted by Gasteiger charge is -2.10. The van der Waals surface area contributed by atoms with Gasteiger partial charge in [0.05, 0.1) is 27.0 Å². The summed E-state index contributed by atoms with van der Waals surface area (Å²) in [7, 11) is 0. The molecule has 0 aliphatic heterocycles. The zero-order valence-electron chi connectivity index (χ0n) is 10.4. The van der Waals surface area contributed by atoms with Crippen LogP contribution in [0.25, 0.3) is 0 Å². The van der Waals surface area contributed by atoms with Crippen molar-refractivity contribution in [3.05, 3.63) is 51.8 Å². The second-order valence-corrected chi connectivity index (χ2v) is 4.83. The van der Waals surface area contributed by atoms with Gasteiger partial charge in [-0.1, -0.05) is 23.2 Å². The first-order valence-electron chi connectivity index (χ1n) is 5.64. The number of pyridine rings is 1. The van der Waals surface area contributed by atoms with Crippen molar-refractivity contribution in [2.45, 2.75) is 0 Å². The number of halogens is 2. The largest absolute Gasteiger partial charge is 0.478 e. The quantitative estimate of drug-likeness (QED) is 0.804. The number of benzene rings is 1. The molecule has 1 amide bonds. The lowest BCUT2D eigenvalue weighted by atomic mass is 10.2. The lowest BCUT2D eigenvalue weighted by Crippen LogP contribution is -2.16. The SMILES string of the molecule is Nc1cccnc1C(=O)Nc1c(Cl)cc(C(=O)O)cc1Cl. The molecule has 0 bridgehead atoms. The number of hydrogen-bond acceptors (Lipinski definition) is 4. The van der Waals surface area contributed by atoms with Crippen molar-refractivity contribution in [3.8, 4) is 0 Å². The normalized spacial score (nSPS) is 10.2. The molecule has 0 saturated heterocycles. The van der Waals surface area contributed by atoms with Gasteiger partial charge in [0.15, 0.2) is 5.69 Å². The van der Waals surface area contributed by atoms with Crippen LogP contribution in [0, 0.1) is 0 Å². The van der Waals surface area contributed by atoms with Crippen LogP contribution in [0.3, 0.4) is 0 Å². The topological polar surface area (TPSA) is 105 Å². The van der Waals surface area contributed by atoms with Crippen molar-refractivity contribution in [2.24, 2.45) is 0 Å². The maximum atomic E-state index is 12.1. The fourth-order valence-electron chi connectivity index (χ4n) is 1.60. The summed E-state index contributed by atoms with van der Waals surface area (Å²) in [6, 6.07) is 5.49. The number of amides is 1. The van der Waals surface area contributed by atoms with Gasteiger partial charge in [-0.15, -0.1) is 0 Å². The minimum absolute atomic E-state index is 0.00255. The third kappa shape index (κ3) is 3.24. The van der Waals surface area contributed by atoms with Crippen LogP contribution in [0.4, 0.5) is 11.4 Å². The summed E-state index contributed by atoms with van der Waals surface area (Å²) >= 11 is 11.9. The van der Waals surface area contributed by atoms with Gasteiger partial charge in [0.25, 0.3) is 5.91 Å². The number of carbonyl (C=O) groups excluding carboxylic acids is 1. The van der Waals surface area contributed by atoms with Crippen LogP contribution in [0.1, 0.15) is 20.8 Å². The van der Waals surface area contributed by atoms with E-state index < -0.39 is 11.9 Å². The Bertz CT molecular complexity index is 711. The first kappa shape index (κ1) is 15.1. The molecule has 0 atom stereocenters. The molecule has 108 valence electrons. The number of carboxylic acid groups (broad SMARTS) is 1. The van der Waals surface area contributed by atoms with E-state index in [9.17, 15) is 9.59 Å². The van der Waals surface area contributed by atoms with Crippen LogP contribution in [0.15, 0.2) is 30.5 Å². The molecule has 0 unspecified atom stereocenters. The van der Waals surface area contributed by atoms with E-state index >= 15 is 0 Å². The van der Waals surface area contributed by atoms with E-state index in [1.165, 1.54) is 24.4 Å². The highest BCUT2D eigenvalue weighted by molar-refractivity contribution is 6.40. The fraction of sp³-hybridized carbons (Fsp3) is 0. The van der Waals surface area contributed by atoms with Crippen molar-refractivity contribution in [2.75, 3.05) is 11.1 Å². The number of nitrogens with zero attached hydrogens (tertiary/aromatic N) is 1. The van der Waals surface area contributed by atoms with E-state index in [2.05, 4.69) is 10.3 Å². The van der Waals surface area contributed by atoms with Crippen molar-refractivity contribution < 1.29 is 14.7 Å². The van der Waals surface area contributed by atoms with E-state index in [4.69, 9.17) is 34.0 Å². The Morgan fingerprint density at radius 1 is 1.24 bits per heavy atom. The van der Waals surface area contributed by atoms with E-state index in [0.717, 1.165) is 0 Å². The Kier molecular flexibility index (Phi) is 4.30. The highest BCUT2D eigenvalue weighted by atomic mass is 35.5. The van der Waals surface area contributed by atoms with Crippen LogP contribution in [0.2, 0.25) is 10.0 Å². The van der Waals surface area contributed by atoms with Gasteiger partial charge in [0.2, 0.25) is 0 Å². The number of nitrogen functional groups attached to an aromatic ring is 1. The Hall–Kier alpha value is -2.31. The first-order valence-corrected chi connectivity index (χ1v) is 6.40. The number of rotatable bonds is 3. The zero-order valence-corrected chi connectivity index (χ0v) is 11.9. The maximum absolute atomic E-state index is 12.1. The van der Waals surface area contributed by atoms with Crippen molar-refractivity contribution in [1.29, 1.82) is 0 Å². The summed E-state index contributed by atoms with van der Waals surface area (Å²) in [5.74, 6) is -1.77. The summed E-state index contributed by atoms with van der Waals surface area (Å²) < 4.78 is 0. The molecular formula is C13H9Cl2N3O3. The minimum Gasteiger partial charge on any atom is -0.478 e. The molecule has 8 heteroatoms. The van der Waals surface area contributed by atoms with Gasteiger partial charge in [-0.05, 0) is 24.3 Å². The molecule has 1 heterocycles. The average molecular weight is 326 g/mol. The summed E-state index contributed by atoms with van der Waals surface area (Å²) in [4.78, 5) is 26.8. The zero-order chi connectivity index (χ0) is 15.6. The fourth-order valence-corrected chi connectivity index (χ4v) is 2.18. The third-order valence-electron chi connectivity index (χ3n) is 2.58. The number of hydrogen-bond donors (Lipinski definition) is 3. The second-order valence-electron chi connectivity index (χ2n) is 4.02. The number of anilines is 2. The molecule has 0 saturated carbocycles. The number of aromatic carboxylic acids is 1. The van der Waals surface area contributed by atoms with Crippen LogP contribution in [-0.2, 0) is 0 Å². The third-order valence-corrected chi connectivity index (χ3v) is 3.18. The van der Waals surface area contributed by atoms with Crippen LogP contribution in [0.5, 0.6) is 0 Å². The van der Waals surface area contributed by atoms with E-state index in [1.54, 1.807) is 6.07 Å². The summed E-state index contributed by atoms with van der Waals surface area (Å²) in [6.07, 6.45) is 1.42. The molecule has 2 rings (SSSR count). The van der Waals surface area contributed by atoms with Crippen LogP contribution < -0.4 is 11.1 Å². The molecule has 0 spiro atoms. The monoisotopic (exact) mass is 325 g/mol. The minimum atomic E-state index is -1.18. The lowest BCUT2D eigenvalue weighted by molar-refractivity contribution is 0.0696. The van der Waals surface area contributed by atoms with Gasteiger partial charge >= 0.3 is 5.97 Å². The Morgan fingerprint density at radius 2 is 1.86 bits per heavy atom. The predicted octanol–water partition coefficient (Wildman–Crippen LogP) is 2.92. The van der Waals surface area contributed by atoms with Crippen LogP contribution >= 0.6 is 23.2 Å². The van der Waals surface area contributed by atoms with Gasteiger partial charge in [-0.25, -0.2) is 9.78 Å². The first-order chi connectivity index (χ1) is 9.90. The number of nitrogens with two attached hydrogens (primary N) is 1. The number of carboxylic acids is 1. The molecule has 0 aliphatic carbocycles. The van der Waals surface area contributed by atoms with Gasteiger partial charge in [-0.2, -0.15) is 0 Å². The van der Waals surface area contributed by atoms with Crippen molar-refractivity contribution in [3.63, 3.8) is 0 Å². The van der Waals surface area contributed by atoms with Gasteiger partial charge in [0.1, 0.15) is 0 Å². The number of aromatic nitrogens is 1. The maximum Gasteiger partial charge on any atom is 0.335 e. The van der Waals surface area contributed by atoms with Crippen molar-refractivity contribution >= 4 is 46.5 Å². The standard InChI is InChI=1S/C13H9Cl2N3O3/c14-7-4-6(13(20)21)5-8(15)10(7)18-12(19)11-9(16)2-1-3-17-11/h1-5H,16H2,(H,18,19)(H,20,21). The second kappa shape index (κ2) is 5.99. The van der Waals surface area contributed by atoms with Crippen LogP contribution in [-0.4, -0.2) is 22.0 Å². The van der Waals surface area contributed by atoms with Gasteiger partial charge in [0, 0.05) is 6.20 Å². The molecule has 4 N–H and O–H groups in total. The van der Waals surface area contributed by atoms with E-state index in [0.29, 0.717) is 0 Å². The number of nitrogens with one attached hydrogen (secondary N) is 1. The molecule has 2 aromatic rings. The highest BCUT2D eigenvalue weighted by Crippen LogP contribution is 2.32. The average Bonchev–Trinajstić information content (AvgIpc) is 2.42. The predicted molar refractivity (Wildman–Crippen MR) is 80.0 cm³/mol. The molecule has 6 nitrogen and oxygen atoms in total. The molecular weight excluding hydrogens is 317 g/mol. The molecule has 1 aromatic carbocycles.